The molecule has 0 spiro atoms. The van der Waals surface area contributed by atoms with Gasteiger partial charge in [-0.25, -0.2) is 4.79 Å². The molecule has 8 nitrogen and oxygen atoms in total. The van der Waals surface area contributed by atoms with E-state index in [1.807, 2.05) is 37.3 Å². The number of carbonyl (C=O) groups excluding carboxylic acids is 2. The maximum absolute atomic E-state index is 12.8. The molecule has 5 rings (SSSR count). The molecule has 0 unspecified atom stereocenters. The van der Waals surface area contributed by atoms with Gasteiger partial charge < -0.3 is 30.3 Å². The van der Waals surface area contributed by atoms with E-state index in [9.17, 15) is 9.59 Å². The molecule has 8 heteroatoms. The molecule has 174 valence electrons. The first kappa shape index (κ1) is 21.6. The van der Waals surface area contributed by atoms with Crippen LogP contribution in [-0.2, 0) is 0 Å². The van der Waals surface area contributed by atoms with E-state index >= 15 is 0 Å². The molecule has 3 aromatic carbocycles. The van der Waals surface area contributed by atoms with Gasteiger partial charge in [0.2, 0.25) is 6.79 Å². The first-order chi connectivity index (χ1) is 16.5. The molecule has 0 aliphatic carbocycles. The van der Waals surface area contributed by atoms with Crippen molar-refractivity contribution in [3.05, 3.63) is 71.8 Å². The standard InChI is InChI=1S/C26H26N4O4/c1-17-5-4-6-18(13-17)25(31)27-19-7-9-22(30-11-2-3-12-30)21(14-19)29-26(32)28-20-8-10-23-24(15-20)34-16-33-23/h4-10,13-15H,2-3,11-12,16H2,1H3,(H,27,31)(H2,28,29,32). The second-order valence-electron chi connectivity index (χ2n) is 8.40. The van der Waals surface area contributed by atoms with Gasteiger partial charge in [0, 0.05) is 36.1 Å². The highest BCUT2D eigenvalue weighted by molar-refractivity contribution is 6.06. The van der Waals surface area contributed by atoms with Gasteiger partial charge in [0.05, 0.1) is 11.4 Å². The fourth-order valence-corrected chi connectivity index (χ4v) is 4.20. The highest BCUT2D eigenvalue weighted by Crippen LogP contribution is 2.35. The Morgan fingerprint density at radius 1 is 0.824 bits per heavy atom. The molecule has 3 N–H and O–H groups in total. The van der Waals surface area contributed by atoms with Crippen molar-refractivity contribution in [1.29, 1.82) is 0 Å². The van der Waals surface area contributed by atoms with Crippen LogP contribution < -0.4 is 30.3 Å². The summed E-state index contributed by atoms with van der Waals surface area (Å²) in [7, 11) is 0. The molecule has 1 fully saturated rings. The third-order valence-corrected chi connectivity index (χ3v) is 5.86. The molecule has 0 bridgehead atoms. The van der Waals surface area contributed by atoms with Gasteiger partial charge in [0.15, 0.2) is 11.5 Å². The van der Waals surface area contributed by atoms with E-state index < -0.39 is 0 Å². The predicted molar refractivity (Wildman–Crippen MR) is 132 cm³/mol. The van der Waals surface area contributed by atoms with Gasteiger partial charge in [0.1, 0.15) is 0 Å². The minimum atomic E-state index is -0.388. The Kier molecular flexibility index (Phi) is 5.95. The largest absolute Gasteiger partial charge is 0.454 e. The molecule has 34 heavy (non-hydrogen) atoms. The third kappa shape index (κ3) is 4.76. The molecular formula is C26H26N4O4. The molecule has 1 saturated heterocycles. The minimum absolute atomic E-state index is 0.172. The lowest BCUT2D eigenvalue weighted by atomic mass is 10.1. The van der Waals surface area contributed by atoms with E-state index in [4.69, 9.17) is 9.47 Å². The number of hydrogen-bond acceptors (Lipinski definition) is 5. The molecule has 2 aliphatic rings. The molecule has 3 aromatic rings. The molecule has 0 aromatic heterocycles. The van der Waals surface area contributed by atoms with Crippen molar-refractivity contribution >= 4 is 34.7 Å². The average molecular weight is 459 g/mol. The number of anilines is 4. The van der Waals surface area contributed by atoms with Crippen molar-refractivity contribution in [3.8, 4) is 11.5 Å². The number of aryl methyl sites for hydroxylation is 1. The summed E-state index contributed by atoms with van der Waals surface area (Å²) in [6.07, 6.45) is 2.21. The quantitative estimate of drug-likeness (QED) is 0.488. The lowest BCUT2D eigenvalue weighted by Gasteiger charge is -2.22. The Morgan fingerprint density at radius 2 is 1.59 bits per heavy atom. The number of fused-ring (bicyclic) bond motifs is 1. The first-order valence-corrected chi connectivity index (χ1v) is 11.3. The Bertz CT molecular complexity index is 1240. The van der Waals surface area contributed by atoms with Crippen LogP contribution in [0, 0.1) is 6.92 Å². The topological polar surface area (TPSA) is 91.9 Å². The van der Waals surface area contributed by atoms with E-state index in [1.54, 1.807) is 30.3 Å². The fraction of sp³-hybridized carbons (Fsp3) is 0.231. The molecule has 0 radical (unpaired) electrons. The number of nitrogens with zero attached hydrogens (tertiary/aromatic N) is 1. The second-order valence-corrected chi connectivity index (χ2v) is 8.40. The summed E-state index contributed by atoms with van der Waals surface area (Å²) in [6.45, 7) is 3.97. The number of hydrogen-bond donors (Lipinski definition) is 3. The van der Waals surface area contributed by atoms with E-state index in [-0.39, 0.29) is 18.7 Å². The van der Waals surface area contributed by atoms with Gasteiger partial charge in [0.25, 0.3) is 5.91 Å². The van der Waals surface area contributed by atoms with Crippen molar-refractivity contribution < 1.29 is 19.1 Å². The van der Waals surface area contributed by atoms with Gasteiger partial charge in [-0.05, 0) is 62.2 Å². The summed E-state index contributed by atoms with van der Waals surface area (Å²) in [5.74, 6) is 1.05. The summed E-state index contributed by atoms with van der Waals surface area (Å²) in [4.78, 5) is 27.8. The van der Waals surface area contributed by atoms with Gasteiger partial charge in [-0.15, -0.1) is 0 Å². The number of carbonyl (C=O) groups is 2. The zero-order chi connectivity index (χ0) is 23.5. The minimum Gasteiger partial charge on any atom is -0.454 e. The van der Waals surface area contributed by atoms with Crippen LogP contribution in [0.4, 0.5) is 27.5 Å². The zero-order valence-electron chi connectivity index (χ0n) is 18.9. The Balaban J connectivity index is 1.35. The van der Waals surface area contributed by atoms with Crippen LogP contribution in [0.2, 0.25) is 0 Å². The lowest BCUT2D eigenvalue weighted by molar-refractivity contribution is 0.102. The van der Waals surface area contributed by atoms with E-state index in [2.05, 4.69) is 20.9 Å². The molecule has 2 heterocycles. The Hall–Kier alpha value is -4.20. The van der Waals surface area contributed by atoms with E-state index in [1.165, 1.54) is 0 Å². The lowest BCUT2D eigenvalue weighted by Crippen LogP contribution is -2.24. The zero-order valence-corrected chi connectivity index (χ0v) is 18.9. The summed E-state index contributed by atoms with van der Waals surface area (Å²) in [6, 6.07) is 17.9. The fourth-order valence-electron chi connectivity index (χ4n) is 4.20. The van der Waals surface area contributed by atoms with Crippen LogP contribution in [0.25, 0.3) is 0 Å². The highest BCUT2D eigenvalue weighted by Gasteiger charge is 2.19. The third-order valence-electron chi connectivity index (χ3n) is 5.86. The van der Waals surface area contributed by atoms with Crippen LogP contribution in [-0.4, -0.2) is 31.8 Å². The summed E-state index contributed by atoms with van der Waals surface area (Å²) < 4.78 is 10.7. The second kappa shape index (κ2) is 9.35. The molecule has 0 atom stereocenters. The van der Waals surface area contributed by atoms with Crippen LogP contribution >= 0.6 is 0 Å². The molecule has 0 saturated carbocycles. The molecule has 2 aliphatic heterocycles. The Morgan fingerprint density at radius 3 is 2.41 bits per heavy atom. The van der Waals surface area contributed by atoms with Crippen LogP contribution in [0.5, 0.6) is 11.5 Å². The van der Waals surface area contributed by atoms with Gasteiger partial charge in [-0.1, -0.05) is 17.7 Å². The first-order valence-electron chi connectivity index (χ1n) is 11.3. The highest BCUT2D eigenvalue weighted by atomic mass is 16.7. The number of benzene rings is 3. The average Bonchev–Trinajstić information content (AvgIpc) is 3.51. The summed E-state index contributed by atoms with van der Waals surface area (Å²) in [5, 5.41) is 8.73. The number of urea groups is 1. The van der Waals surface area contributed by atoms with E-state index in [0.717, 1.165) is 37.2 Å². The Labute approximate surface area is 197 Å². The smallest absolute Gasteiger partial charge is 0.323 e. The number of rotatable bonds is 5. The normalized spacial score (nSPS) is 14.1. The molecule has 3 amide bonds. The van der Waals surface area contributed by atoms with Crippen molar-refractivity contribution in [2.24, 2.45) is 0 Å². The van der Waals surface area contributed by atoms with Crippen molar-refractivity contribution in [2.75, 3.05) is 40.7 Å². The number of amides is 3. The van der Waals surface area contributed by atoms with Gasteiger partial charge in [-0.3, -0.25) is 4.79 Å². The maximum Gasteiger partial charge on any atom is 0.323 e. The predicted octanol–water partition coefficient (Wildman–Crippen LogP) is 5.22. The summed E-state index contributed by atoms with van der Waals surface area (Å²) in [5.41, 5.74) is 4.34. The van der Waals surface area contributed by atoms with Crippen molar-refractivity contribution in [2.45, 2.75) is 19.8 Å². The van der Waals surface area contributed by atoms with Gasteiger partial charge in [-0.2, -0.15) is 0 Å². The van der Waals surface area contributed by atoms with Crippen LogP contribution in [0.15, 0.2) is 60.7 Å². The van der Waals surface area contributed by atoms with Gasteiger partial charge >= 0.3 is 6.03 Å². The number of ether oxygens (including phenoxy) is 2. The molecular weight excluding hydrogens is 432 g/mol. The maximum atomic E-state index is 12.8. The van der Waals surface area contributed by atoms with Crippen LogP contribution in [0.1, 0.15) is 28.8 Å². The SMILES string of the molecule is Cc1cccc(C(=O)Nc2ccc(N3CCCC3)c(NC(=O)Nc3ccc4c(c3)OCO4)c2)c1. The summed E-state index contributed by atoms with van der Waals surface area (Å²) >= 11 is 0. The van der Waals surface area contributed by atoms with Crippen LogP contribution in [0.3, 0.4) is 0 Å². The van der Waals surface area contributed by atoms with Crippen molar-refractivity contribution in [1.82, 2.24) is 0 Å². The monoisotopic (exact) mass is 458 g/mol. The van der Waals surface area contributed by atoms with Crippen molar-refractivity contribution in [3.63, 3.8) is 0 Å². The van der Waals surface area contributed by atoms with E-state index in [0.29, 0.717) is 34.1 Å². The number of nitrogens with one attached hydrogen (secondary N) is 3.